The number of aliphatic hydroxyl groups excluding tert-OH is 1. The molecule has 0 aliphatic carbocycles. The normalized spacial score (nSPS) is 14.9. The molecule has 0 spiro atoms. The lowest BCUT2D eigenvalue weighted by Crippen LogP contribution is -2.52. The Labute approximate surface area is 209 Å². The standard InChI is InChI=1S/C25H36N2O6S2/c1-4-5-16-27(35(32,33)22-14-10-7-11-15-22)18-24(28)23(17-21-12-8-6-9-13-21)26-25(29)20(2)19-34(3,30)31/h6-15,20,23-24,28H,4-5,16-19H2,1-3H3,(H,26,29)/t20-,23+,24-/m1/s1. The van der Waals surface area contributed by atoms with Crippen LogP contribution >= 0.6 is 0 Å². The largest absolute Gasteiger partial charge is 0.390 e. The minimum Gasteiger partial charge on any atom is -0.390 e. The zero-order valence-electron chi connectivity index (χ0n) is 20.5. The van der Waals surface area contributed by atoms with Crippen LogP contribution in [-0.2, 0) is 31.1 Å². The van der Waals surface area contributed by atoms with Crippen LogP contribution < -0.4 is 5.32 Å². The SMILES string of the molecule is CCCCN(C[C@@H](O)[C@H](Cc1ccccc1)NC(=O)[C@H](C)CS(C)(=O)=O)S(=O)(=O)c1ccccc1. The van der Waals surface area contributed by atoms with Crippen LogP contribution in [0.15, 0.2) is 65.6 Å². The van der Waals surface area contributed by atoms with E-state index in [-0.39, 0.29) is 30.2 Å². The first kappa shape index (κ1) is 29.0. The third-order valence-corrected chi connectivity index (χ3v) is 8.61. The lowest BCUT2D eigenvalue weighted by atomic mass is 10.00. The van der Waals surface area contributed by atoms with Crippen molar-refractivity contribution in [1.29, 1.82) is 0 Å². The number of sulfone groups is 1. The number of amides is 1. The maximum absolute atomic E-state index is 13.3. The number of rotatable bonds is 14. The molecule has 194 valence electrons. The van der Waals surface area contributed by atoms with Gasteiger partial charge in [0.1, 0.15) is 9.84 Å². The number of unbranched alkanes of at least 4 members (excludes halogenated alkanes) is 1. The van der Waals surface area contributed by atoms with E-state index in [1.54, 1.807) is 18.2 Å². The molecule has 0 radical (unpaired) electrons. The fraction of sp³-hybridized carbons (Fsp3) is 0.480. The van der Waals surface area contributed by atoms with Gasteiger partial charge in [-0.25, -0.2) is 16.8 Å². The molecule has 0 aromatic heterocycles. The van der Waals surface area contributed by atoms with Gasteiger partial charge in [-0.05, 0) is 30.5 Å². The summed E-state index contributed by atoms with van der Waals surface area (Å²) in [5.41, 5.74) is 0.846. The van der Waals surface area contributed by atoms with Gasteiger partial charge in [-0.1, -0.05) is 68.8 Å². The van der Waals surface area contributed by atoms with Crippen molar-refractivity contribution in [2.45, 2.75) is 50.2 Å². The summed E-state index contributed by atoms with van der Waals surface area (Å²) >= 11 is 0. The molecule has 0 saturated carbocycles. The van der Waals surface area contributed by atoms with E-state index in [0.717, 1.165) is 18.2 Å². The molecule has 8 nitrogen and oxygen atoms in total. The van der Waals surface area contributed by atoms with Crippen molar-refractivity contribution in [1.82, 2.24) is 9.62 Å². The molecule has 0 bridgehead atoms. The van der Waals surface area contributed by atoms with Crippen LogP contribution in [0.2, 0.25) is 0 Å². The molecule has 3 atom stereocenters. The lowest BCUT2D eigenvalue weighted by Gasteiger charge is -2.30. The van der Waals surface area contributed by atoms with Gasteiger partial charge < -0.3 is 10.4 Å². The molecule has 2 rings (SSSR count). The smallest absolute Gasteiger partial charge is 0.243 e. The summed E-state index contributed by atoms with van der Waals surface area (Å²) in [6.45, 7) is 3.47. The second-order valence-corrected chi connectivity index (χ2v) is 13.0. The molecule has 2 aromatic rings. The first-order valence-corrected chi connectivity index (χ1v) is 15.2. The third kappa shape index (κ3) is 9.36. The van der Waals surface area contributed by atoms with E-state index in [4.69, 9.17) is 0 Å². The van der Waals surface area contributed by atoms with Crippen LogP contribution in [0.4, 0.5) is 0 Å². The molecule has 2 N–H and O–H groups in total. The predicted octanol–water partition coefficient (Wildman–Crippen LogP) is 2.25. The number of aliphatic hydroxyl groups is 1. The van der Waals surface area contributed by atoms with E-state index >= 15 is 0 Å². The Morgan fingerprint density at radius 1 is 1.00 bits per heavy atom. The highest BCUT2D eigenvalue weighted by Gasteiger charge is 2.31. The summed E-state index contributed by atoms with van der Waals surface area (Å²) in [5, 5.41) is 13.9. The first-order valence-electron chi connectivity index (χ1n) is 11.7. The fourth-order valence-electron chi connectivity index (χ4n) is 3.73. The van der Waals surface area contributed by atoms with Crippen LogP contribution in [0.25, 0.3) is 0 Å². The lowest BCUT2D eigenvalue weighted by molar-refractivity contribution is -0.125. The van der Waals surface area contributed by atoms with E-state index in [0.29, 0.717) is 6.42 Å². The number of hydrogen-bond donors (Lipinski definition) is 2. The number of nitrogens with one attached hydrogen (secondary N) is 1. The number of sulfonamides is 1. The van der Waals surface area contributed by atoms with Gasteiger partial charge in [0.25, 0.3) is 0 Å². The average molecular weight is 525 g/mol. The third-order valence-electron chi connectivity index (χ3n) is 5.62. The molecular weight excluding hydrogens is 488 g/mol. The maximum Gasteiger partial charge on any atom is 0.243 e. The Bertz CT molecular complexity index is 1140. The van der Waals surface area contributed by atoms with Crippen molar-refractivity contribution in [3.05, 3.63) is 66.2 Å². The molecule has 35 heavy (non-hydrogen) atoms. The Balaban J connectivity index is 2.29. The summed E-state index contributed by atoms with van der Waals surface area (Å²) in [4.78, 5) is 12.9. The quantitative estimate of drug-likeness (QED) is 0.391. The molecule has 0 heterocycles. The van der Waals surface area contributed by atoms with Crippen LogP contribution in [0.1, 0.15) is 32.3 Å². The minimum atomic E-state index is -3.86. The van der Waals surface area contributed by atoms with Crippen LogP contribution in [0.5, 0.6) is 0 Å². The summed E-state index contributed by atoms with van der Waals surface area (Å²) in [6, 6.07) is 16.4. The molecule has 2 aromatic carbocycles. The van der Waals surface area contributed by atoms with Gasteiger partial charge in [0.15, 0.2) is 0 Å². The molecule has 0 unspecified atom stereocenters. The molecule has 1 amide bonds. The van der Waals surface area contributed by atoms with Gasteiger partial charge in [-0.3, -0.25) is 4.79 Å². The number of nitrogens with zero attached hydrogens (tertiary/aromatic N) is 1. The maximum atomic E-state index is 13.3. The van der Waals surface area contributed by atoms with E-state index in [1.165, 1.54) is 23.4 Å². The van der Waals surface area contributed by atoms with Gasteiger partial charge in [0.2, 0.25) is 15.9 Å². The van der Waals surface area contributed by atoms with Gasteiger partial charge in [-0.2, -0.15) is 4.31 Å². The van der Waals surface area contributed by atoms with Crippen LogP contribution in [0, 0.1) is 5.92 Å². The summed E-state index contributed by atoms with van der Waals surface area (Å²) in [7, 11) is -7.24. The van der Waals surface area contributed by atoms with Crippen molar-refractivity contribution in [2.24, 2.45) is 5.92 Å². The van der Waals surface area contributed by atoms with Crippen LogP contribution in [-0.4, -0.2) is 69.4 Å². The van der Waals surface area contributed by atoms with E-state index < -0.39 is 43.8 Å². The van der Waals surface area contributed by atoms with E-state index in [1.807, 2.05) is 37.3 Å². The minimum absolute atomic E-state index is 0.133. The molecule has 0 saturated heterocycles. The van der Waals surface area contributed by atoms with Gasteiger partial charge in [0, 0.05) is 25.3 Å². The number of carbonyl (C=O) groups excluding carboxylic acids is 1. The zero-order chi connectivity index (χ0) is 26.1. The predicted molar refractivity (Wildman–Crippen MR) is 137 cm³/mol. The molecule has 10 heteroatoms. The number of benzene rings is 2. The number of hydrogen-bond acceptors (Lipinski definition) is 6. The first-order chi connectivity index (χ1) is 16.4. The highest BCUT2D eigenvalue weighted by atomic mass is 32.2. The van der Waals surface area contributed by atoms with Gasteiger partial charge in [0.05, 0.1) is 22.8 Å². The summed E-state index contributed by atoms with van der Waals surface area (Å²) < 4.78 is 51.1. The topological polar surface area (TPSA) is 121 Å². The Kier molecular flexibility index (Phi) is 10.9. The second-order valence-electron chi connectivity index (χ2n) is 8.90. The van der Waals surface area contributed by atoms with Crippen molar-refractivity contribution >= 4 is 25.8 Å². The molecular formula is C25H36N2O6S2. The molecule has 0 fully saturated rings. The Morgan fingerprint density at radius 3 is 2.11 bits per heavy atom. The monoisotopic (exact) mass is 524 g/mol. The highest BCUT2D eigenvalue weighted by molar-refractivity contribution is 7.90. The highest BCUT2D eigenvalue weighted by Crippen LogP contribution is 2.18. The van der Waals surface area contributed by atoms with Gasteiger partial charge >= 0.3 is 0 Å². The van der Waals surface area contributed by atoms with E-state index in [2.05, 4.69) is 5.32 Å². The van der Waals surface area contributed by atoms with Crippen molar-refractivity contribution < 1.29 is 26.7 Å². The van der Waals surface area contributed by atoms with Crippen molar-refractivity contribution in [3.8, 4) is 0 Å². The van der Waals surface area contributed by atoms with Crippen LogP contribution in [0.3, 0.4) is 0 Å². The zero-order valence-corrected chi connectivity index (χ0v) is 22.1. The number of carbonyl (C=O) groups is 1. The Morgan fingerprint density at radius 2 is 1.57 bits per heavy atom. The van der Waals surface area contributed by atoms with Crippen molar-refractivity contribution in [3.63, 3.8) is 0 Å². The van der Waals surface area contributed by atoms with E-state index in [9.17, 15) is 26.7 Å². The molecule has 0 aliphatic heterocycles. The average Bonchev–Trinajstić information content (AvgIpc) is 2.81. The Hall–Kier alpha value is -2.27. The summed E-state index contributed by atoms with van der Waals surface area (Å²) in [6.07, 6.45) is 1.48. The molecule has 0 aliphatic rings. The second kappa shape index (κ2) is 13.2. The van der Waals surface area contributed by atoms with Gasteiger partial charge in [-0.15, -0.1) is 0 Å². The fourth-order valence-corrected chi connectivity index (χ4v) is 6.30. The van der Waals surface area contributed by atoms with Crippen molar-refractivity contribution in [2.75, 3.05) is 25.1 Å². The summed E-state index contributed by atoms with van der Waals surface area (Å²) in [5.74, 6) is -1.65.